The maximum atomic E-state index is 5.96. The molecule has 2 aromatic rings. The predicted octanol–water partition coefficient (Wildman–Crippen LogP) is 2.87. The largest absolute Gasteiger partial charge is 0.357 e. The van der Waals surface area contributed by atoms with Crippen molar-refractivity contribution in [2.24, 2.45) is 7.05 Å². The van der Waals surface area contributed by atoms with Crippen molar-refractivity contribution in [3.8, 4) is 0 Å². The highest BCUT2D eigenvalue weighted by atomic mass is 35.5. The van der Waals surface area contributed by atoms with E-state index >= 15 is 0 Å². The van der Waals surface area contributed by atoms with Gasteiger partial charge in [0.2, 0.25) is 0 Å². The third-order valence-electron chi connectivity index (χ3n) is 2.65. The van der Waals surface area contributed by atoms with Crippen molar-refractivity contribution in [1.29, 1.82) is 0 Å². The third kappa shape index (κ3) is 3.94. The Balaban J connectivity index is 1.92. The first-order valence-corrected chi connectivity index (χ1v) is 6.63. The van der Waals surface area contributed by atoms with Gasteiger partial charge in [0.15, 0.2) is 5.11 Å². The number of nitrogens with one attached hydrogen (secondary N) is 2. The van der Waals surface area contributed by atoms with E-state index in [1.807, 2.05) is 44.4 Å². The lowest BCUT2D eigenvalue weighted by Gasteiger charge is -2.12. The molecule has 1 heterocycles. The summed E-state index contributed by atoms with van der Waals surface area (Å²) in [5.74, 6) is 0. The zero-order valence-corrected chi connectivity index (χ0v) is 12.3. The smallest absolute Gasteiger partial charge is 0.171 e. The number of aryl methyl sites for hydroxylation is 2. The molecule has 0 saturated heterocycles. The molecule has 0 spiro atoms. The van der Waals surface area contributed by atoms with Crippen LogP contribution in [0.1, 0.15) is 11.3 Å². The lowest BCUT2D eigenvalue weighted by atomic mass is 10.2. The van der Waals surface area contributed by atoms with Gasteiger partial charge in [0.05, 0.1) is 12.2 Å². The van der Waals surface area contributed by atoms with Gasteiger partial charge in [-0.05, 0) is 42.9 Å². The fourth-order valence-electron chi connectivity index (χ4n) is 1.62. The summed E-state index contributed by atoms with van der Waals surface area (Å²) in [5, 5.41) is 11.7. The minimum Gasteiger partial charge on any atom is -0.357 e. The first-order chi connectivity index (χ1) is 9.04. The standard InChI is InChI=1S/C13H15ClN4S/c1-9-3-4-10(14)7-12(9)16-13(19)15-8-11-5-6-18(2)17-11/h3-7H,8H2,1-2H3,(H2,15,16,19). The summed E-state index contributed by atoms with van der Waals surface area (Å²) < 4.78 is 1.76. The summed E-state index contributed by atoms with van der Waals surface area (Å²) in [6, 6.07) is 7.60. The number of rotatable bonds is 3. The van der Waals surface area contributed by atoms with Crippen LogP contribution in [-0.4, -0.2) is 14.9 Å². The van der Waals surface area contributed by atoms with Crippen molar-refractivity contribution >= 4 is 34.6 Å². The normalized spacial score (nSPS) is 10.3. The van der Waals surface area contributed by atoms with Gasteiger partial charge in [-0.3, -0.25) is 4.68 Å². The van der Waals surface area contributed by atoms with E-state index < -0.39 is 0 Å². The van der Waals surface area contributed by atoms with Crippen LogP contribution in [0.5, 0.6) is 0 Å². The monoisotopic (exact) mass is 294 g/mol. The maximum Gasteiger partial charge on any atom is 0.171 e. The number of benzene rings is 1. The third-order valence-corrected chi connectivity index (χ3v) is 3.13. The summed E-state index contributed by atoms with van der Waals surface area (Å²) >= 11 is 11.2. The Hall–Kier alpha value is -1.59. The van der Waals surface area contributed by atoms with Gasteiger partial charge in [0.25, 0.3) is 0 Å². The summed E-state index contributed by atoms with van der Waals surface area (Å²) in [6.45, 7) is 2.59. The van der Waals surface area contributed by atoms with Gasteiger partial charge in [0.1, 0.15) is 0 Å². The Labute approximate surface area is 122 Å². The number of anilines is 1. The average molecular weight is 295 g/mol. The van der Waals surface area contributed by atoms with E-state index in [2.05, 4.69) is 15.7 Å². The van der Waals surface area contributed by atoms with Crippen LogP contribution in [0.15, 0.2) is 30.5 Å². The van der Waals surface area contributed by atoms with Crippen molar-refractivity contribution in [3.05, 3.63) is 46.7 Å². The molecule has 4 nitrogen and oxygen atoms in total. The minimum absolute atomic E-state index is 0.552. The van der Waals surface area contributed by atoms with Crippen LogP contribution >= 0.6 is 23.8 Å². The van der Waals surface area contributed by atoms with Crippen molar-refractivity contribution < 1.29 is 0 Å². The Morgan fingerprint density at radius 2 is 2.21 bits per heavy atom. The second-order valence-corrected chi connectivity index (χ2v) is 5.09. The van der Waals surface area contributed by atoms with Crippen LogP contribution in [-0.2, 0) is 13.6 Å². The zero-order valence-electron chi connectivity index (χ0n) is 10.8. The zero-order chi connectivity index (χ0) is 13.8. The second-order valence-electron chi connectivity index (χ2n) is 4.25. The average Bonchev–Trinajstić information content (AvgIpc) is 2.77. The van der Waals surface area contributed by atoms with Crippen molar-refractivity contribution in [3.63, 3.8) is 0 Å². The molecule has 19 heavy (non-hydrogen) atoms. The Morgan fingerprint density at radius 1 is 1.42 bits per heavy atom. The highest BCUT2D eigenvalue weighted by Crippen LogP contribution is 2.19. The predicted molar refractivity (Wildman–Crippen MR) is 82.5 cm³/mol. The SMILES string of the molecule is Cc1ccc(Cl)cc1NC(=S)NCc1ccn(C)n1. The van der Waals surface area contributed by atoms with E-state index in [-0.39, 0.29) is 0 Å². The fraction of sp³-hybridized carbons (Fsp3) is 0.231. The topological polar surface area (TPSA) is 41.9 Å². The van der Waals surface area contributed by atoms with Crippen LogP contribution in [0.3, 0.4) is 0 Å². The molecular formula is C13H15ClN4S. The quantitative estimate of drug-likeness (QED) is 0.854. The van der Waals surface area contributed by atoms with Crippen LogP contribution in [0.4, 0.5) is 5.69 Å². The van der Waals surface area contributed by atoms with Crippen molar-refractivity contribution in [1.82, 2.24) is 15.1 Å². The molecule has 0 fully saturated rings. The Bertz CT molecular complexity index is 594. The van der Waals surface area contributed by atoms with Gasteiger partial charge >= 0.3 is 0 Å². The number of hydrogen-bond acceptors (Lipinski definition) is 2. The molecule has 6 heteroatoms. The Morgan fingerprint density at radius 3 is 2.89 bits per heavy atom. The second kappa shape index (κ2) is 6.04. The fourth-order valence-corrected chi connectivity index (χ4v) is 1.98. The number of thiocarbonyl (C=S) groups is 1. The number of aromatic nitrogens is 2. The molecule has 0 aliphatic heterocycles. The molecule has 2 rings (SSSR count). The molecule has 0 aliphatic rings. The van der Waals surface area contributed by atoms with Crippen molar-refractivity contribution in [2.45, 2.75) is 13.5 Å². The molecular weight excluding hydrogens is 280 g/mol. The van der Waals surface area contributed by atoms with E-state index in [9.17, 15) is 0 Å². The van der Waals surface area contributed by atoms with E-state index in [4.69, 9.17) is 23.8 Å². The molecule has 0 unspecified atom stereocenters. The molecule has 0 atom stereocenters. The molecule has 0 radical (unpaired) electrons. The highest BCUT2D eigenvalue weighted by molar-refractivity contribution is 7.80. The number of halogens is 1. The molecule has 100 valence electrons. The number of nitrogens with zero attached hydrogens (tertiary/aromatic N) is 2. The first-order valence-electron chi connectivity index (χ1n) is 5.84. The maximum absolute atomic E-state index is 5.96. The molecule has 2 N–H and O–H groups in total. The summed E-state index contributed by atoms with van der Waals surface area (Å²) in [6.07, 6.45) is 1.90. The summed E-state index contributed by atoms with van der Waals surface area (Å²) in [7, 11) is 1.88. The molecule has 1 aromatic heterocycles. The summed E-state index contributed by atoms with van der Waals surface area (Å²) in [4.78, 5) is 0. The first kappa shape index (κ1) is 13.8. The van der Waals surface area contributed by atoms with Crippen LogP contribution in [0.2, 0.25) is 5.02 Å². The van der Waals surface area contributed by atoms with Gasteiger partial charge in [-0.25, -0.2) is 0 Å². The lowest BCUT2D eigenvalue weighted by molar-refractivity contribution is 0.731. The molecule has 0 bridgehead atoms. The van der Waals surface area contributed by atoms with E-state index in [0.717, 1.165) is 16.9 Å². The van der Waals surface area contributed by atoms with Gasteiger partial charge in [-0.1, -0.05) is 17.7 Å². The van der Waals surface area contributed by atoms with Crippen LogP contribution in [0.25, 0.3) is 0 Å². The molecule has 0 amide bonds. The van der Waals surface area contributed by atoms with Crippen LogP contribution in [0, 0.1) is 6.92 Å². The van der Waals surface area contributed by atoms with Gasteiger partial charge in [0, 0.05) is 24.0 Å². The van der Waals surface area contributed by atoms with Crippen molar-refractivity contribution in [2.75, 3.05) is 5.32 Å². The number of hydrogen-bond donors (Lipinski definition) is 2. The highest BCUT2D eigenvalue weighted by Gasteiger charge is 2.03. The lowest BCUT2D eigenvalue weighted by Crippen LogP contribution is -2.28. The summed E-state index contributed by atoms with van der Waals surface area (Å²) in [5.41, 5.74) is 2.94. The van der Waals surface area contributed by atoms with E-state index in [1.165, 1.54) is 0 Å². The van der Waals surface area contributed by atoms with Crippen LogP contribution < -0.4 is 10.6 Å². The van der Waals surface area contributed by atoms with Gasteiger partial charge in [-0.15, -0.1) is 0 Å². The van der Waals surface area contributed by atoms with Gasteiger partial charge in [-0.2, -0.15) is 5.10 Å². The molecule has 0 saturated carbocycles. The minimum atomic E-state index is 0.552. The molecule has 0 aliphatic carbocycles. The van der Waals surface area contributed by atoms with Gasteiger partial charge < -0.3 is 10.6 Å². The van der Waals surface area contributed by atoms with E-state index in [1.54, 1.807) is 4.68 Å². The van der Waals surface area contributed by atoms with E-state index in [0.29, 0.717) is 16.7 Å². The Kier molecular flexibility index (Phi) is 4.39. The molecule has 1 aromatic carbocycles.